The van der Waals surface area contributed by atoms with Gasteiger partial charge in [-0.15, -0.1) is 0 Å². The highest BCUT2D eigenvalue weighted by atomic mass is 16.1. The minimum Gasteiger partial charge on any atom is -0.351 e. The lowest BCUT2D eigenvalue weighted by Gasteiger charge is -2.30. The van der Waals surface area contributed by atoms with Crippen molar-refractivity contribution in [1.29, 1.82) is 0 Å². The Balaban J connectivity index is 2.60. The summed E-state index contributed by atoms with van der Waals surface area (Å²) >= 11 is 0. The third-order valence-electron chi connectivity index (χ3n) is 3.35. The number of pyridine rings is 1. The van der Waals surface area contributed by atoms with Crippen LogP contribution in [0.3, 0.4) is 0 Å². The van der Waals surface area contributed by atoms with Gasteiger partial charge in [0.15, 0.2) is 0 Å². The molecule has 0 bridgehead atoms. The van der Waals surface area contributed by atoms with Gasteiger partial charge >= 0.3 is 0 Å². The van der Waals surface area contributed by atoms with Crippen LogP contribution in [0, 0.1) is 6.92 Å². The van der Waals surface area contributed by atoms with Crippen LogP contribution >= 0.6 is 0 Å². The monoisotopic (exact) mass is 293 g/mol. The molecule has 0 aliphatic rings. The van der Waals surface area contributed by atoms with Crippen molar-refractivity contribution in [3.05, 3.63) is 23.4 Å². The third-order valence-corrected chi connectivity index (χ3v) is 3.35. The number of nitrogens with zero attached hydrogens (tertiary/aromatic N) is 2. The normalized spacial score (nSPS) is 11.3. The molecule has 0 fully saturated rings. The van der Waals surface area contributed by atoms with E-state index in [1.165, 1.54) is 0 Å². The Hall–Kier alpha value is -1.66. The van der Waals surface area contributed by atoms with Gasteiger partial charge in [-0.1, -0.05) is 0 Å². The van der Waals surface area contributed by atoms with Crippen LogP contribution in [0.25, 0.3) is 0 Å². The van der Waals surface area contributed by atoms with E-state index in [1.807, 2.05) is 6.92 Å². The first-order chi connectivity index (χ1) is 9.85. The number of hydrogen-bond acceptors (Lipinski definition) is 5. The molecule has 0 radical (unpaired) electrons. The lowest BCUT2D eigenvalue weighted by Crippen LogP contribution is -2.42. The van der Waals surface area contributed by atoms with E-state index >= 15 is 0 Å². The molecule has 0 spiro atoms. The molecule has 6 nitrogen and oxygen atoms in total. The van der Waals surface area contributed by atoms with Crippen LogP contribution in [-0.4, -0.2) is 41.0 Å². The van der Waals surface area contributed by atoms with E-state index < -0.39 is 0 Å². The topological polar surface area (TPSA) is 83.3 Å². The van der Waals surface area contributed by atoms with Crippen LogP contribution in [0.5, 0.6) is 0 Å². The highest BCUT2D eigenvalue weighted by Crippen LogP contribution is 2.09. The van der Waals surface area contributed by atoms with Crippen molar-refractivity contribution in [2.75, 3.05) is 18.5 Å². The Morgan fingerprint density at radius 3 is 2.43 bits per heavy atom. The van der Waals surface area contributed by atoms with Gasteiger partial charge in [-0.25, -0.2) is 10.8 Å². The number of carbonyl (C=O) groups excluding carboxylic acids is 1. The van der Waals surface area contributed by atoms with E-state index in [1.54, 1.807) is 12.1 Å². The average molecular weight is 293 g/mol. The standard InChI is InChI=1S/C15H27N5O/c1-10(2)20(11(3)4)7-6-17-15(21)13-8-12(5)18-14(9-13)19-16/h8-11H,6-7,16H2,1-5H3,(H,17,21)(H,18,19). The summed E-state index contributed by atoms with van der Waals surface area (Å²) in [6, 6.07) is 4.31. The first-order valence-electron chi connectivity index (χ1n) is 7.34. The van der Waals surface area contributed by atoms with Crippen molar-refractivity contribution >= 4 is 11.7 Å². The molecule has 4 N–H and O–H groups in total. The average Bonchev–Trinajstić information content (AvgIpc) is 2.41. The molecule has 1 aromatic rings. The maximum absolute atomic E-state index is 12.2. The second-order valence-electron chi connectivity index (χ2n) is 5.71. The summed E-state index contributed by atoms with van der Waals surface area (Å²) in [5.74, 6) is 5.73. The summed E-state index contributed by atoms with van der Waals surface area (Å²) in [5, 5.41) is 2.94. The summed E-state index contributed by atoms with van der Waals surface area (Å²) < 4.78 is 0. The Morgan fingerprint density at radius 2 is 1.90 bits per heavy atom. The molecule has 0 saturated heterocycles. The van der Waals surface area contributed by atoms with E-state index in [4.69, 9.17) is 5.84 Å². The molecule has 1 aromatic heterocycles. The Labute approximate surface area is 127 Å². The Kier molecular flexibility index (Phi) is 6.58. The molecule has 21 heavy (non-hydrogen) atoms. The maximum Gasteiger partial charge on any atom is 0.251 e. The minimum atomic E-state index is -0.107. The first kappa shape index (κ1) is 17.4. The van der Waals surface area contributed by atoms with Gasteiger partial charge in [0.25, 0.3) is 5.91 Å². The molecule has 1 heterocycles. The molecule has 0 atom stereocenters. The zero-order valence-electron chi connectivity index (χ0n) is 13.6. The summed E-state index contributed by atoms with van der Waals surface area (Å²) in [4.78, 5) is 18.7. The van der Waals surface area contributed by atoms with Crippen molar-refractivity contribution in [1.82, 2.24) is 15.2 Å². The van der Waals surface area contributed by atoms with Crippen molar-refractivity contribution in [3.63, 3.8) is 0 Å². The number of hydrogen-bond donors (Lipinski definition) is 3. The molecule has 118 valence electrons. The fourth-order valence-electron chi connectivity index (χ4n) is 2.39. The predicted octanol–water partition coefficient (Wildman–Crippen LogP) is 1.52. The SMILES string of the molecule is Cc1cc(C(=O)NCCN(C(C)C)C(C)C)cc(NN)n1. The lowest BCUT2D eigenvalue weighted by atomic mass is 10.2. The van der Waals surface area contributed by atoms with Crippen LogP contribution < -0.4 is 16.6 Å². The third kappa shape index (κ3) is 5.32. The molecular formula is C15H27N5O. The molecule has 0 aliphatic carbocycles. The van der Waals surface area contributed by atoms with Gasteiger partial charge in [-0.05, 0) is 46.8 Å². The van der Waals surface area contributed by atoms with Crippen molar-refractivity contribution in [2.45, 2.75) is 46.7 Å². The van der Waals surface area contributed by atoms with E-state index in [-0.39, 0.29) is 5.91 Å². The van der Waals surface area contributed by atoms with Gasteiger partial charge in [0.1, 0.15) is 5.82 Å². The lowest BCUT2D eigenvalue weighted by molar-refractivity contribution is 0.0939. The predicted molar refractivity (Wildman–Crippen MR) is 86.1 cm³/mol. The van der Waals surface area contributed by atoms with Crippen molar-refractivity contribution in [2.24, 2.45) is 5.84 Å². The Morgan fingerprint density at radius 1 is 1.29 bits per heavy atom. The van der Waals surface area contributed by atoms with Crippen LogP contribution in [0.2, 0.25) is 0 Å². The summed E-state index contributed by atoms with van der Waals surface area (Å²) in [6.45, 7) is 11.9. The van der Waals surface area contributed by atoms with Crippen LogP contribution in [0.1, 0.15) is 43.7 Å². The number of aromatic nitrogens is 1. The quantitative estimate of drug-likeness (QED) is 0.524. The van der Waals surface area contributed by atoms with Gasteiger partial charge in [0, 0.05) is 36.4 Å². The van der Waals surface area contributed by atoms with Gasteiger partial charge in [0.2, 0.25) is 0 Å². The van der Waals surface area contributed by atoms with E-state index in [0.29, 0.717) is 30.0 Å². The van der Waals surface area contributed by atoms with Gasteiger partial charge in [-0.2, -0.15) is 0 Å². The zero-order valence-corrected chi connectivity index (χ0v) is 13.6. The molecule has 0 aliphatic heterocycles. The number of nitrogen functional groups attached to an aromatic ring is 1. The van der Waals surface area contributed by atoms with Crippen molar-refractivity contribution in [3.8, 4) is 0 Å². The highest BCUT2D eigenvalue weighted by Gasteiger charge is 2.14. The summed E-state index contributed by atoms with van der Waals surface area (Å²) in [5.41, 5.74) is 3.79. The number of rotatable bonds is 7. The highest BCUT2D eigenvalue weighted by molar-refractivity contribution is 5.94. The second-order valence-corrected chi connectivity index (χ2v) is 5.71. The molecule has 0 saturated carbocycles. The summed E-state index contributed by atoms with van der Waals surface area (Å²) in [6.07, 6.45) is 0. The number of carbonyl (C=O) groups is 1. The fraction of sp³-hybridized carbons (Fsp3) is 0.600. The smallest absolute Gasteiger partial charge is 0.251 e. The van der Waals surface area contributed by atoms with Crippen LogP contribution in [0.15, 0.2) is 12.1 Å². The molecular weight excluding hydrogens is 266 g/mol. The van der Waals surface area contributed by atoms with Crippen LogP contribution in [0.4, 0.5) is 5.82 Å². The number of anilines is 1. The molecule has 6 heteroatoms. The van der Waals surface area contributed by atoms with Gasteiger partial charge in [0.05, 0.1) is 0 Å². The van der Waals surface area contributed by atoms with Crippen LogP contribution in [-0.2, 0) is 0 Å². The second kappa shape index (κ2) is 7.95. The minimum absolute atomic E-state index is 0.107. The summed E-state index contributed by atoms with van der Waals surface area (Å²) in [7, 11) is 0. The largest absolute Gasteiger partial charge is 0.351 e. The molecule has 1 amide bonds. The Bertz CT molecular complexity index is 465. The maximum atomic E-state index is 12.2. The fourth-order valence-corrected chi connectivity index (χ4v) is 2.39. The molecule has 0 aromatic carbocycles. The number of nitrogens with two attached hydrogens (primary N) is 1. The number of hydrazine groups is 1. The van der Waals surface area contributed by atoms with Crippen molar-refractivity contribution < 1.29 is 4.79 Å². The van der Waals surface area contributed by atoms with E-state index in [9.17, 15) is 4.79 Å². The number of amides is 1. The van der Waals surface area contributed by atoms with E-state index in [2.05, 4.69) is 48.3 Å². The van der Waals surface area contributed by atoms with Gasteiger partial charge < -0.3 is 10.7 Å². The van der Waals surface area contributed by atoms with Gasteiger partial charge in [-0.3, -0.25) is 9.69 Å². The molecule has 1 rings (SSSR count). The molecule has 0 unspecified atom stereocenters. The number of nitrogens with one attached hydrogen (secondary N) is 2. The van der Waals surface area contributed by atoms with E-state index in [0.717, 1.165) is 12.2 Å². The first-order valence-corrected chi connectivity index (χ1v) is 7.34. The number of aryl methyl sites for hydroxylation is 1. The zero-order chi connectivity index (χ0) is 16.0.